The highest BCUT2D eigenvalue weighted by Gasteiger charge is 2.15. The Bertz CT molecular complexity index is 812. The lowest BCUT2D eigenvalue weighted by Crippen LogP contribution is -1.87. The third-order valence-corrected chi connectivity index (χ3v) is 3.41. The van der Waals surface area contributed by atoms with E-state index in [0.29, 0.717) is 16.9 Å². The first-order chi connectivity index (χ1) is 9.54. The molecule has 100 valence electrons. The Morgan fingerprint density at radius 3 is 2.60 bits per heavy atom. The highest BCUT2D eigenvalue weighted by atomic mass is 79.9. The zero-order valence-corrected chi connectivity index (χ0v) is 11.6. The number of fused-ring (bicyclic) bond motifs is 1. The maximum Gasteiger partial charge on any atom is 0.275 e. The van der Waals surface area contributed by atoms with Gasteiger partial charge in [-0.25, -0.2) is 4.98 Å². The van der Waals surface area contributed by atoms with Gasteiger partial charge in [0.15, 0.2) is 0 Å². The number of H-pyrrole nitrogens is 1. The van der Waals surface area contributed by atoms with E-state index in [0.717, 1.165) is 16.1 Å². The van der Waals surface area contributed by atoms with Crippen molar-refractivity contribution in [2.75, 3.05) is 0 Å². The second-order valence-electron chi connectivity index (χ2n) is 4.21. The van der Waals surface area contributed by atoms with Crippen LogP contribution < -0.4 is 0 Å². The van der Waals surface area contributed by atoms with Crippen LogP contribution in [0.15, 0.2) is 40.9 Å². The van der Waals surface area contributed by atoms with E-state index in [1.165, 1.54) is 6.07 Å². The topological polar surface area (TPSA) is 92.1 Å². The molecule has 7 heteroatoms. The Morgan fingerprint density at radius 1 is 1.25 bits per heavy atom. The van der Waals surface area contributed by atoms with Crippen molar-refractivity contribution in [1.29, 1.82) is 0 Å². The Labute approximate surface area is 121 Å². The van der Waals surface area contributed by atoms with Gasteiger partial charge in [-0.15, -0.1) is 0 Å². The number of nitrogens with zero attached hydrogens (tertiary/aromatic N) is 2. The maximum atomic E-state index is 10.8. The molecule has 0 bridgehead atoms. The summed E-state index contributed by atoms with van der Waals surface area (Å²) in [6, 6.07) is 9.88. The summed E-state index contributed by atoms with van der Waals surface area (Å²) < 4.78 is 0.941. The van der Waals surface area contributed by atoms with E-state index in [4.69, 9.17) is 0 Å². The molecule has 0 saturated heterocycles. The lowest BCUT2D eigenvalue weighted by Gasteiger charge is -1.95. The van der Waals surface area contributed by atoms with Crippen molar-refractivity contribution >= 4 is 32.7 Å². The van der Waals surface area contributed by atoms with E-state index >= 15 is 0 Å². The van der Waals surface area contributed by atoms with Crippen LogP contribution in [0.25, 0.3) is 22.4 Å². The molecule has 0 aliphatic heterocycles. The Morgan fingerprint density at radius 2 is 1.95 bits per heavy atom. The number of imidazole rings is 1. The van der Waals surface area contributed by atoms with Crippen molar-refractivity contribution in [2.24, 2.45) is 0 Å². The van der Waals surface area contributed by atoms with E-state index in [1.54, 1.807) is 0 Å². The summed E-state index contributed by atoms with van der Waals surface area (Å²) in [7, 11) is 0. The Kier molecular flexibility index (Phi) is 2.90. The number of rotatable bonds is 2. The molecule has 1 aromatic heterocycles. The van der Waals surface area contributed by atoms with Gasteiger partial charge < -0.3 is 10.1 Å². The summed E-state index contributed by atoms with van der Waals surface area (Å²) in [6.07, 6.45) is 0. The molecule has 1 heterocycles. The summed E-state index contributed by atoms with van der Waals surface area (Å²) in [5.41, 5.74) is 1.38. The summed E-state index contributed by atoms with van der Waals surface area (Å²) in [5, 5.41) is 20.6. The van der Waals surface area contributed by atoms with Crippen LogP contribution in [-0.4, -0.2) is 20.0 Å². The van der Waals surface area contributed by atoms with Gasteiger partial charge >= 0.3 is 0 Å². The molecule has 0 radical (unpaired) electrons. The van der Waals surface area contributed by atoms with Crippen LogP contribution in [0.3, 0.4) is 0 Å². The number of aromatic hydroxyl groups is 1. The van der Waals surface area contributed by atoms with Gasteiger partial charge in [0.2, 0.25) is 0 Å². The molecule has 0 aliphatic rings. The van der Waals surface area contributed by atoms with Crippen LogP contribution in [0, 0.1) is 10.1 Å². The van der Waals surface area contributed by atoms with E-state index in [1.807, 2.05) is 24.3 Å². The number of aromatic nitrogens is 2. The number of phenolic OH excluding ortho intramolecular Hbond substituents is 1. The third kappa shape index (κ3) is 2.12. The molecule has 2 N–H and O–H groups in total. The minimum absolute atomic E-state index is 0.180. The minimum Gasteiger partial charge on any atom is -0.505 e. The number of nitrogens with one attached hydrogen (secondary N) is 1. The number of non-ortho nitro benzene ring substituents is 1. The van der Waals surface area contributed by atoms with E-state index in [-0.39, 0.29) is 11.4 Å². The van der Waals surface area contributed by atoms with Crippen molar-refractivity contribution in [3.8, 4) is 17.1 Å². The van der Waals surface area contributed by atoms with Crippen LogP contribution in [0.2, 0.25) is 0 Å². The van der Waals surface area contributed by atoms with Crippen LogP contribution >= 0.6 is 15.9 Å². The van der Waals surface area contributed by atoms with Gasteiger partial charge in [-0.05, 0) is 12.1 Å². The average Bonchev–Trinajstić information content (AvgIpc) is 2.84. The fourth-order valence-corrected chi connectivity index (χ4v) is 2.20. The zero-order valence-electron chi connectivity index (χ0n) is 10.0. The van der Waals surface area contributed by atoms with Crippen molar-refractivity contribution in [1.82, 2.24) is 9.97 Å². The molecule has 2 aromatic carbocycles. The number of halogens is 1. The van der Waals surface area contributed by atoms with Gasteiger partial charge in [-0.3, -0.25) is 10.1 Å². The fraction of sp³-hybridized carbons (Fsp3) is 0. The number of nitro groups is 1. The predicted molar refractivity (Wildman–Crippen MR) is 77.5 cm³/mol. The first-order valence-electron chi connectivity index (χ1n) is 5.67. The average molecular weight is 334 g/mol. The highest BCUT2D eigenvalue weighted by Crippen LogP contribution is 2.31. The number of benzene rings is 2. The molecule has 20 heavy (non-hydrogen) atoms. The number of hydrogen-bond donors (Lipinski definition) is 2. The van der Waals surface area contributed by atoms with Gasteiger partial charge in [-0.2, -0.15) is 0 Å². The second-order valence-corrected chi connectivity index (χ2v) is 5.13. The smallest absolute Gasteiger partial charge is 0.275 e. The van der Waals surface area contributed by atoms with Gasteiger partial charge in [0.1, 0.15) is 17.1 Å². The van der Waals surface area contributed by atoms with E-state index < -0.39 is 4.92 Å². The van der Waals surface area contributed by atoms with Gasteiger partial charge in [0.05, 0.1) is 16.5 Å². The zero-order chi connectivity index (χ0) is 14.3. The molecule has 3 rings (SSSR count). The van der Waals surface area contributed by atoms with Crippen molar-refractivity contribution in [3.63, 3.8) is 0 Å². The SMILES string of the molecule is O=[N+]([O-])c1cc(O)c2nc(-c3ccc(Br)cc3)[nH]c2c1. The lowest BCUT2D eigenvalue weighted by molar-refractivity contribution is -0.384. The largest absolute Gasteiger partial charge is 0.505 e. The van der Waals surface area contributed by atoms with Gasteiger partial charge in [-0.1, -0.05) is 28.1 Å². The summed E-state index contributed by atoms with van der Waals surface area (Å²) >= 11 is 3.34. The molecule has 0 fully saturated rings. The van der Waals surface area contributed by atoms with Crippen molar-refractivity contribution in [3.05, 3.63) is 51.0 Å². The molecule has 3 aromatic rings. The number of aromatic amines is 1. The molecule has 0 saturated carbocycles. The molecule has 6 nitrogen and oxygen atoms in total. The standard InChI is InChI=1S/C13H8BrN3O3/c14-8-3-1-7(2-4-8)13-15-10-5-9(17(19)20)6-11(18)12(10)16-13/h1-6,18H,(H,15,16). The molecule has 0 amide bonds. The normalized spacial score (nSPS) is 10.8. The Hall–Kier alpha value is -2.41. The molecule has 0 spiro atoms. The van der Waals surface area contributed by atoms with E-state index in [9.17, 15) is 15.2 Å². The highest BCUT2D eigenvalue weighted by molar-refractivity contribution is 9.10. The predicted octanol–water partition coefficient (Wildman–Crippen LogP) is 3.61. The first kappa shape index (κ1) is 12.6. The van der Waals surface area contributed by atoms with Crippen LogP contribution in [0.1, 0.15) is 0 Å². The molecular weight excluding hydrogens is 326 g/mol. The van der Waals surface area contributed by atoms with Crippen LogP contribution in [0.4, 0.5) is 5.69 Å². The first-order valence-corrected chi connectivity index (χ1v) is 6.47. The number of hydrogen-bond acceptors (Lipinski definition) is 4. The van der Waals surface area contributed by atoms with Crippen LogP contribution in [0.5, 0.6) is 5.75 Å². The third-order valence-electron chi connectivity index (χ3n) is 2.88. The fourth-order valence-electron chi connectivity index (χ4n) is 1.93. The van der Waals surface area contributed by atoms with Gasteiger partial charge in [0, 0.05) is 16.1 Å². The van der Waals surface area contributed by atoms with Crippen LogP contribution in [-0.2, 0) is 0 Å². The summed E-state index contributed by atoms with van der Waals surface area (Å²) in [4.78, 5) is 17.5. The second kappa shape index (κ2) is 4.61. The van der Waals surface area contributed by atoms with E-state index in [2.05, 4.69) is 25.9 Å². The minimum atomic E-state index is -0.556. The molecular formula is C13H8BrN3O3. The van der Waals surface area contributed by atoms with Crippen molar-refractivity contribution in [2.45, 2.75) is 0 Å². The number of phenols is 1. The molecule has 0 atom stereocenters. The molecule has 0 aliphatic carbocycles. The Balaban J connectivity index is 2.17. The number of nitro benzene ring substituents is 1. The lowest BCUT2D eigenvalue weighted by atomic mass is 10.2. The summed E-state index contributed by atoms with van der Waals surface area (Å²) in [5.74, 6) is 0.331. The maximum absolute atomic E-state index is 10.8. The summed E-state index contributed by atoms with van der Waals surface area (Å²) in [6.45, 7) is 0. The quantitative estimate of drug-likeness (QED) is 0.553. The molecule has 0 unspecified atom stereocenters. The van der Waals surface area contributed by atoms with Gasteiger partial charge in [0.25, 0.3) is 5.69 Å². The monoisotopic (exact) mass is 333 g/mol. The van der Waals surface area contributed by atoms with Crippen molar-refractivity contribution < 1.29 is 10.0 Å².